The predicted molar refractivity (Wildman–Crippen MR) is 108 cm³/mol. The van der Waals surface area contributed by atoms with Gasteiger partial charge in [-0.15, -0.1) is 0 Å². The van der Waals surface area contributed by atoms with Crippen LogP contribution in [0.1, 0.15) is 36.8 Å². The van der Waals surface area contributed by atoms with Gasteiger partial charge in [0.25, 0.3) is 0 Å². The van der Waals surface area contributed by atoms with Crippen LogP contribution in [0.15, 0.2) is 36.7 Å². The van der Waals surface area contributed by atoms with E-state index in [9.17, 15) is 4.79 Å². The lowest BCUT2D eigenvalue weighted by atomic mass is 9.98. The molecule has 1 amide bonds. The molecule has 8 nitrogen and oxygen atoms in total. The van der Waals surface area contributed by atoms with Crippen molar-refractivity contribution in [1.82, 2.24) is 29.7 Å². The maximum absolute atomic E-state index is 12.8. The molecule has 0 aliphatic carbocycles. The van der Waals surface area contributed by atoms with Crippen molar-refractivity contribution in [3.8, 4) is 0 Å². The standard InChI is InChI=1S/C20H27N7O/c1-15-23-16(14-18(24-15)25-20-21-10-7-11-22-20)17-8-4-5-13-27(17)19(28)9-6-12-26(2)3/h6-7,9-11,14,17H,4-5,8,12-13H2,1-3H3,(H,21,22,23,24,25)/b9-6+/t17-/m1/s1. The topological polar surface area (TPSA) is 87.1 Å². The highest BCUT2D eigenvalue weighted by Crippen LogP contribution is 2.31. The largest absolute Gasteiger partial charge is 0.331 e. The third-order valence-electron chi connectivity index (χ3n) is 4.52. The molecule has 28 heavy (non-hydrogen) atoms. The van der Waals surface area contributed by atoms with Gasteiger partial charge in [-0.2, -0.15) is 0 Å². The second-order valence-electron chi connectivity index (χ2n) is 7.13. The first-order chi connectivity index (χ1) is 13.5. The number of nitrogens with one attached hydrogen (secondary N) is 1. The Morgan fingerprint density at radius 1 is 1.29 bits per heavy atom. The molecule has 0 unspecified atom stereocenters. The van der Waals surface area contributed by atoms with Crippen LogP contribution in [0.25, 0.3) is 0 Å². The number of nitrogens with zero attached hydrogens (tertiary/aromatic N) is 6. The first kappa shape index (κ1) is 19.9. The van der Waals surface area contributed by atoms with Crippen molar-refractivity contribution in [2.45, 2.75) is 32.2 Å². The highest BCUT2D eigenvalue weighted by molar-refractivity contribution is 5.88. The fourth-order valence-electron chi connectivity index (χ4n) is 3.27. The highest BCUT2D eigenvalue weighted by Gasteiger charge is 2.28. The van der Waals surface area contributed by atoms with Crippen molar-refractivity contribution < 1.29 is 4.79 Å². The molecule has 1 fully saturated rings. The Balaban J connectivity index is 1.81. The number of carbonyl (C=O) groups is 1. The number of carbonyl (C=O) groups excluding carboxylic acids is 1. The average molecular weight is 381 g/mol. The summed E-state index contributed by atoms with van der Waals surface area (Å²) < 4.78 is 0. The fourth-order valence-corrected chi connectivity index (χ4v) is 3.27. The zero-order valence-corrected chi connectivity index (χ0v) is 16.7. The summed E-state index contributed by atoms with van der Waals surface area (Å²) in [5, 5.41) is 3.12. The maximum atomic E-state index is 12.8. The summed E-state index contributed by atoms with van der Waals surface area (Å²) in [6.07, 6.45) is 9.89. The monoisotopic (exact) mass is 381 g/mol. The molecule has 2 aromatic heterocycles. The van der Waals surface area contributed by atoms with Gasteiger partial charge < -0.3 is 15.1 Å². The molecule has 3 heterocycles. The normalized spacial score (nSPS) is 17.3. The first-order valence-corrected chi connectivity index (χ1v) is 9.54. The van der Waals surface area contributed by atoms with Crippen LogP contribution < -0.4 is 5.32 Å². The highest BCUT2D eigenvalue weighted by atomic mass is 16.2. The summed E-state index contributed by atoms with van der Waals surface area (Å²) >= 11 is 0. The van der Waals surface area contributed by atoms with E-state index in [0.717, 1.165) is 38.0 Å². The SMILES string of the molecule is Cc1nc(Nc2ncccn2)cc([C@H]2CCCCN2C(=O)/C=C/CN(C)C)n1. The van der Waals surface area contributed by atoms with Crippen molar-refractivity contribution in [3.05, 3.63) is 48.2 Å². The van der Waals surface area contributed by atoms with Gasteiger partial charge in [0.15, 0.2) is 0 Å². The smallest absolute Gasteiger partial charge is 0.246 e. The number of amides is 1. The van der Waals surface area contributed by atoms with E-state index in [1.54, 1.807) is 24.5 Å². The average Bonchev–Trinajstić information content (AvgIpc) is 2.68. The van der Waals surface area contributed by atoms with Gasteiger partial charge in [0, 0.05) is 37.6 Å². The number of aromatic nitrogens is 4. The molecule has 1 atom stereocenters. The lowest BCUT2D eigenvalue weighted by Crippen LogP contribution is -2.38. The Morgan fingerprint density at radius 3 is 2.82 bits per heavy atom. The number of anilines is 2. The minimum atomic E-state index is -0.0517. The molecule has 0 aromatic carbocycles. The van der Waals surface area contributed by atoms with E-state index >= 15 is 0 Å². The van der Waals surface area contributed by atoms with Crippen molar-refractivity contribution in [2.75, 3.05) is 32.5 Å². The van der Waals surface area contributed by atoms with Gasteiger partial charge >= 0.3 is 0 Å². The van der Waals surface area contributed by atoms with Gasteiger partial charge in [0.1, 0.15) is 11.6 Å². The zero-order chi connectivity index (χ0) is 19.9. The molecule has 0 bridgehead atoms. The Morgan fingerprint density at radius 2 is 2.07 bits per heavy atom. The summed E-state index contributed by atoms with van der Waals surface area (Å²) in [6, 6.07) is 3.60. The quantitative estimate of drug-likeness (QED) is 0.769. The van der Waals surface area contributed by atoms with E-state index in [-0.39, 0.29) is 11.9 Å². The van der Waals surface area contributed by atoms with E-state index in [1.807, 2.05) is 43.0 Å². The molecule has 1 aliphatic rings. The minimum absolute atomic E-state index is 0.0312. The van der Waals surface area contributed by atoms with Crippen LogP contribution in [0.5, 0.6) is 0 Å². The maximum Gasteiger partial charge on any atom is 0.246 e. The number of hydrogen-bond acceptors (Lipinski definition) is 7. The van der Waals surface area contributed by atoms with E-state index in [2.05, 4.69) is 25.3 Å². The van der Waals surface area contributed by atoms with Gasteiger partial charge in [-0.25, -0.2) is 19.9 Å². The zero-order valence-electron chi connectivity index (χ0n) is 16.7. The third-order valence-corrected chi connectivity index (χ3v) is 4.52. The summed E-state index contributed by atoms with van der Waals surface area (Å²) in [6.45, 7) is 3.33. The van der Waals surface area contributed by atoms with Crippen LogP contribution in [0.3, 0.4) is 0 Å². The molecule has 1 N–H and O–H groups in total. The van der Waals surface area contributed by atoms with Gasteiger partial charge in [0.05, 0.1) is 11.7 Å². The molecule has 0 spiro atoms. The lowest BCUT2D eigenvalue weighted by Gasteiger charge is -2.35. The second kappa shape index (κ2) is 9.36. The Bertz CT molecular complexity index is 823. The van der Waals surface area contributed by atoms with Crippen LogP contribution in [0.2, 0.25) is 0 Å². The second-order valence-corrected chi connectivity index (χ2v) is 7.13. The molecule has 1 aliphatic heterocycles. The Labute approximate surface area is 165 Å². The van der Waals surface area contributed by atoms with Gasteiger partial charge in [-0.3, -0.25) is 4.79 Å². The van der Waals surface area contributed by atoms with Gasteiger partial charge in [-0.1, -0.05) is 6.08 Å². The summed E-state index contributed by atoms with van der Waals surface area (Å²) in [5.74, 6) is 1.80. The predicted octanol–water partition coefficient (Wildman–Crippen LogP) is 2.49. The van der Waals surface area contributed by atoms with Gasteiger partial charge in [0.2, 0.25) is 11.9 Å². The van der Waals surface area contributed by atoms with Crippen molar-refractivity contribution in [1.29, 1.82) is 0 Å². The third kappa shape index (κ3) is 5.32. The van der Waals surface area contributed by atoms with E-state index in [0.29, 0.717) is 17.6 Å². The molecule has 1 saturated heterocycles. The van der Waals surface area contributed by atoms with Crippen molar-refractivity contribution in [3.63, 3.8) is 0 Å². The molecule has 3 rings (SSSR count). The summed E-state index contributed by atoms with van der Waals surface area (Å²) in [4.78, 5) is 34.1. The number of likely N-dealkylation sites (N-methyl/N-ethyl adjacent to an activating group) is 1. The van der Waals surface area contributed by atoms with E-state index < -0.39 is 0 Å². The number of hydrogen-bond donors (Lipinski definition) is 1. The van der Waals surface area contributed by atoms with Gasteiger partial charge in [-0.05, 0) is 46.3 Å². The molecule has 148 valence electrons. The first-order valence-electron chi connectivity index (χ1n) is 9.54. The summed E-state index contributed by atoms with van der Waals surface area (Å²) in [5.41, 5.74) is 0.847. The van der Waals surface area contributed by atoms with Crippen LogP contribution in [-0.4, -0.2) is 62.8 Å². The molecular weight excluding hydrogens is 354 g/mol. The number of likely N-dealkylation sites (tertiary alicyclic amines) is 1. The number of rotatable bonds is 6. The van der Waals surface area contributed by atoms with Crippen LogP contribution >= 0.6 is 0 Å². The summed E-state index contributed by atoms with van der Waals surface area (Å²) in [7, 11) is 3.96. The molecule has 8 heteroatoms. The number of piperidine rings is 1. The van der Waals surface area contributed by atoms with E-state index in [1.165, 1.54) is 0 Å². The fraction of sp³-hybridized carbons (Fsp3) is 0.450. The molecule has 0 radical (unpaired) electrons. The van der Waals surface area contributed by atoms with Crippen LogP contribution in [0, 0.1) is 6.92 Å². The molecule has 2 aromatic rings. The minimum Gasteiger partial charge on any atom is -0.331 e. The lowest BCUT2D eigenvalue weighted by molar-refractivity contribution is -0.129. The van der Waals surface area contributed by atoms with Crippen molar-refractivity contribution >= 4 is 17.7 Å². The molecule has 0 saturated carbocycles. The Hall–Kier alpha value is -2.87. The van der Waals surface area contributed by atoms with Crippen LogP contribution in [0.4, 0.5) is 11.8 Å². The van der Waals surface area contributed by atoms with Crippen LogP contribution in [-0.2, 0) is 4.79 Å². The van der Waals surface area contributed by atoms with Crippen molar-refractivity contribution in [2.24, 2.45) is 0 Å². The Kier molecular flexibility index (Phi) is 6.65. The number of aryl methyl sites for hydroxylation is 1. The molecular formula is C20H27N7O. The van der Waals surface area contributed by atoms with E-state index in [4.69, 9.17) is 0 Å².